The Labute approximate surface area is 181 Å². The Bertz CT molecular complexity index is 1080. The maximum Gasteiger partial charge on any atom is 0.318 e. The topological polar surface area (TPSA) is 53.5 Å². The lowest BCUT2D eigenvalue weighted by atomic mass is 10.0. The molecule has 2 aromatic carbocycles. The van der Waals surface area contributed by atoms with Crippen molar-refractivity contribution in [1.29, 1.82) is 0 Å². The molecule has 3 heterocycles. The van der Waals surface area contributed by atoms with E-state index in [-0.39, 0.29) is 0 Å². The van der Waals surface area contributed by atoms with Crippen LogP contribution >= 0.6 is 11.6 Å². The summed E-state index contributed by atoms with van der Waals surface area (Å²) < 4.78 is 5.46. The Hall–Kier alpha value is -2.57. The number of nitrogens with one attached hydrogen (secondary N) is 1. The van der Waals surface area contributed by atoms with Gasteiger partial charge in [0.1, 0.15) is 5.82 Å². The van der Waals surface area contributed by atoms with Crippen LogP contribution in [0.25, 0.3) is 10.8 Å². The molecule has 1 N–H and O–H groups in total. The van der Waals surface area contributed by atoms with Gasteiger partial charge in [0.25, 0.3) is 0 Å². The van der Waals surface area contributed by atoms with Crippen molar-refractivity contribution >= 4 is 33.9 Å². The highest BCUT2D eigenvalue weighted by Crippen LogP contribution is 2.37. The molecule has 0 radical (unpaired) electrons. The van der Waals surface area contributed by atoms with Crippen molar-refractivity contribution in [2.45, 2.75) is 25.4 Å². The average Bonchev–Trinajstić information content (AvgIpc) is 3.32. The third-order valence-corrected chi connectivity index (χ3v) is 6.61. The van der Waals surface area contributed by atoms with Crippen molar-refractivity contribution < 1.29 is 4.74 Å². The number of ether oxygens (including phenoxy) is 1. The van der Waals surface area contributed by atoms with Crippen molar-refractivity contribution in [3.8, 4) is 6.01 Å². The first-order valence-electron chi connectivity index (χ1n) is 10.4. The largest absolute Gasteiger partial charge is 0.467 e. The lowest BCUT2D eigenvalue weighted by Gasteiger charge is -2.34. The van der Waals surface area contributed by atoms with Gasteiger partial charge in [-0.05, 0) is 36.9 Å². The van der Waals surface area contributed by atoms with Crippen molar-refractivity contribution in [1.82, 2.24) is 15.3 Å². The van der Waals surface area contributed by atoms with E-state index in [0.29, 0.717) is 18.6 Å². The van der Waals surface area contributed by atoms with Gasteiger partial charge in [-0.15, -0.1) is 0 Å². The SMILES string of the molecule is COc1nc2c(c(N(C)C3CCNC3)n1)CCN(c1cccc3cccc(Cl)c13)C2. The maximum atomic E-state index is 6.58. The van der Waals surface area contributed by atoms with Gasteiger partial charge in [-0.3, -0.25) is 0 Å². The normalized spacial score (nSPS) is 18.5. The number of nitrogens with zero attached hydrogens (tertiary/aromatic N) is 4. The van der Waals surface area contributed by atoms with E-state index in [1.54, 1.807) is 7.11 Å². The number of anilines is 2. The molecule has 0 amide bonds. The van der Waals surface area contributed by atoms with E-state index in [2.05, 4.69) is 46.4 Å². The predicted molar refractivity (Wildman–Crippen MR) is 122 cm³/mol. The number of hydrogen-bond acceptors (Lipinski definition) is 6. The number of methoxy groups -OCH3 is 1. The molecule has 2 aliphatic heterocycles. The van der Waals surface area contributed by atoms with Crippen molar-refractivity contribution in [3.63, 3.8) is 0 Å². The summed E-state index contributed by atoms with van der Waals surface area (Å²) in [4.78, 5) is 14.1. The monoisotopic (exact) mass is 423 g/mol. The van der Waals surface area contributed by atoms with Crippen molar-refractivity contribution in [2.24, 2.45) is 0 Å². The molecular formula is C23H26ClN5O. The van der Waals surface area contributed by atoms with E-state index in [0.717, 1.165) is 65.5 Å². The van der Waals surface area contributed by atoms with Crippen LogP contribution in [-0.4, -0.2) is 49.8 Å². The summed E-state index contributed by atoms with van der Waals surface area (Å²) in [6.45, 7) is 3.65. The smallest absolute Gasteiger partial charge is 0.318 e. The Balaban J connectivity index is 1.54. The van der Waals surface area contributed by atoms with Gasteiger partial charge in [0.15, 0.2) is 0 Å². The summed E-state index contributed by atoms with van der Waals surface area (Å²) in [5.41, 5.74) is 3.41. The number of benzene rings is 2. The highest BCUT2D eigenvalue weighted by atomic mass is 35.5. The molecule has 156 valence electrons. The quantitative estimate of drug-likeness (QED) is 0.691. The first-order chi connectivity index (χ1) is 14.7. The van der Waals surface area contributed by atoms with Crippen LogP contribution in [0.1, 0.15) is 17.7 Å². The highest BCUT2D eigenvalue weighted by Gasteiger charge is 2.29. The van der Waals surface area contributed by atoms with E-state index in [9.17, 15) is 0 Å². The Morgan fingerprint density at radius 1 is 1.20 bits per heavy atom. The fourth-order valence-electron chi connectivity index (χ4n) is 4.66. The van der Waals surface area contributed by atoms with Gasteiger partial charge in [0.05, 0.1) is 24.4 Å². The van der Waals surface area contributed by atoms with Crippen LogP contribution in [0, 0.1) is 0 Å². The zero-order chi connectivity index (χ0) is 20.7. The second-order valence-electron chi connectivity index (χ2n) is 8.00. The summed E-state index contributed by atoms with van der Waals surface area (Å²) in [6, 6.07) is 13.3. The van der Waals surface area contributed by atoms with Crippen LogP contribution in [0.2, 0.25) is 5.02 Å². The zero-order valence-corrected chi connectivity index (χ0v) is 18.1. The van der Waals surface area contributed by atoms with Crippen molar-refractivity contribution in [3.05, 3.63) is 52.7 Å². The van der Waals surface area contributed by atoms with E-state index in [4.69, 9.17) is 26.3 Å². The van der Waals surface area contributed by atoms with Crippen LogP contribution in [0.5, 0.6) is 6.01 Å². The number of likely N-dealkylation sites (N-methyl/N-ethyl adjacent to an activating group) is 1. The predicted octanol–water partition coefficient (Wildman–Crippen LogP) is 3.65. The lowest BCUT2D eigenvalue weighted by Crippen LogP contribution is -2.37. The number of hydrogen-bond donors (Lipinski definition) is 1. The fraction of sp³-hybridized carbons (Fsp3) is 0.391. The molecule has 1 atom stereocenters. The molecule has 7 heteroatoms. The van der Waals surface area contributed by atoms with Gasteiger partial charge in [-0.1, -0.05) is 35.9 Å². The second-order valence-corrected chi connectivity index (χ2v) is 8.41. The molecule has 3 aromatic rings. The molecule has 1 unspecified atom stereocenters. The Morgan fingerprint density at radius 2 is 2.03 bits per heavy atom. The zero-order valence-electron chi connectivity index (χ0n) is 17.4. The third kappa shape index (κ3) is 3.34. The molecule has 2 aliphatic rings. The minimum atomic E-state index is 0.430. The molecule has 1 saturated heterocycles. The molecule has 30 heavy (non-hydrogen) atoms. The van der Waals surface area contributed by atoms with Crippen LogP contribution in [-0.2, 0) is 13.0 Å². The van der Waals surface area contributed by atoms with Crippen LogP contribution < -0.4 is 19.9 Å². The number of rotatable bonds is 4. The van der Waals surface area contributed by atoms with Gasteiger partial charge in [-0.2, -0.15) is 9.97 Å². The van der Waals surface area contributed by atoms with Crippen molar-refractivity contribution in [2.75, 3.05) is 43.6 Å². The number of halogens is 1. The number of fused-ring (bicyclic) bond motifs is 2. The molecule has 0 bridgehead atoms. The first kappa shape index (κ1) is 19.4. The average molecular weight is 424 g/mol. The first-order valence-corrected chi connectivity index (χ1v) is 10.8. The molecule has 0 saturated carbocycles. The third-order valence-electron chi connectivity index (χ3n) is 6.29. The molecule has 0 spiro atoms. The molecule has 6 nitrogen and oxygen atoms in total. The standard InChI is InChI=1S/C23H26ClN5O/c1-28(16-9-11-25-13-16)22-17-10-12-29(14-19(17)26-23(27-22)30-2)20-8-4-6-15-5-3-7-18(24)21(15)20/h3-8,16,25H,9-14H2,1-2H3. The summed E-state index contributed by atoms with van der Waals surface area (Å²) in [5.74, 6) is 1.00. The minimum absolute atomic E-state index is 0.430. The van der Waals surface area contributed by atoms with E-state index >= 15 is 0 Å². The molecule has 1 fully saturated rings. The molecular weight excluding hydrogens is 398 g/mol. The minimum Gasteiger partial charge on any atom is -0.467 e. The van der Waals surface area contributed by atoms with E-state index < -0.39 is 0 Å². The summed E-state index contributed by atoms with van der Waals surface area (Å²) in [6.07, 6.45) is 2.01. The molecule has 5 rings (SSSR count). The Morgan fingerprint density at radius 3 is 2.80 bits per heavy atom. The summed E-state index contributed by atoms with van der Waals surface area (Å²) >= 11 is 6.58. The van der Waals surface area contributed by atoms with Crippen LogP contribution in [0.4, 0.5) is 11.5 Å². The van der Waals surface area contributed by atoms with Crippen LogP contribution in [0.15, 0.2) is 36.4 Å². The van der Waals surface area contributed by atoms with Crippen LogP contribution in [0.3, 0.4) is 0 Å². The Kier molecular flexibility index (Phi) is 5.13. The lowest BCUT2D eigenvalue weighted by molar-refractivity contribution is 0.376. The fourth-order valence-corrected chi connectivity index (χ4v) is 4.94. The second kappa shape index (κ2) is 7.93. The summed E-state index contributed by atoms with van der Waals surface area (Å²) in [5, 5.41) is 6.48. The molecule has 1 aromatic heterocycles. The summed E-state index contributed by atoms with van der Waals surface area (Å²) in [7, 11) is 3.77. The van der Waals surface area contributed by atoms with Gasteiger partial charge in [0, 0.05) is 42.8 Å². The highest BCUT2D eigenvalue weighted by molar-refractivity contribution is 6.36. The van der Waals surface area contributed by atoms with Gasteiger partial charge < -0.3 is 19.9 Å². The van der Waals surface area contributed by atoms with Gasteiger partial charge in [-0.25, -0.2) is 0 Å². The molecule has 0 aliphatic carbocycles. The van der Waals surface area contributed by atoms with E-state index in [1.165, 1.54) is 5.56 Å². The maximum absolute atomic E-state index is 6.58. The van der Waals surface area contributed by atoms with Gasteiger partial charge >= 0.3 is 6.01 Å². The van der Waals surface area contributed by atoms with E-state index in [1.807, 2.05) is 12.1 Å². The number of aromatic nitrogens is 2. The van der Waals surface area contributed by atoms with Gasteiger partial charge in [0.2, 0.25) is 0 Å².